The summed E-state index contributed by atoms with van der Waals surface area (Å²) in [6.07, 6.45) is 8.00. The highest BCUT2D eigenvalue weighted by molar-refractivity contribution is 7.91. The summed E-state index contributed by atoms with van der Waals surface area (Å²) in [4.78, 5) is 28.3. The molecule has 8 heteroatoms. The van der Waals surface area contributed by atoms with Gasteiger partial charge in [-0.3, -0.25) is 14.5 Å². The molecule has 7 nitrogen and oxygen atoms in total. The van der Waals surface area contributed by atoms with Gasteiger partial charge in [0.05, 0.1) is 24.6 Å². The summed E-state index contributed by atoms with van der Waals surface area (Å²) in [5.74, 6) is 2.54. The second-order valence-electron chi connectivity index (χ2n) is 7.64. The molecule has 2 aliphatic heterocycles. The molecule has 1 atom stereocenters. The zero-order valence-electron chi connectivity index (χ0n) is 16.5. The van der Waals surface area contributed by atoms with Crippen LogP contribution in [0.3, 0.4) is 0 Å². The molecule has 156 valence electrons. The number of benzene rings is 1. The molecule has 0 aromatic heterocycles. The van der Waals surface area contributed by atoms with Gasteiger partial charge in [-0.05, 0) is 37.0 Å². The summed E-state index contributed by atoms with van der Waals surface area (Å²) in [5, 5.41) is 2.84. The Bertz CT molecular complexity index is 883. The van der Waals surface area contributed by atoms with E-state index in [1.807, 2.05) is 17.0 Å². The number of hydrogen-bond acceptors (Lipinski definition) is 5. The van der Waals surface area contributed by atoms with Crippen LogP contribution >= 0.6 is 0 Å². The normalized spacial score (nSPS) is 20.6. The molecule has 2 aliphatic rings. The average molecular weight is 418 g/mol. The monoisotopic (exact) mass is 417 g/mol. The van der Waals surface area contributed by atoms with Crippen molar-refractivity contribution in [2.24, 2.45) is 0 Å². The first-order valence-electron chi connectivity index (χ1n) is 9.91. The first kappa shape index (κ1) is 21.3. The van der Waals surface area contributed by atoms with E-state index < -0.39 is 9.84 Å². The Morgan fingerprint density at radius 2 is 1.90 bits per heavy atom. The summed E-state index contributed by atoms with van der Waals surface area (Å²) in [5.41, 5.74) is 1.55. The van der Waals surface area contributed by atoms with Crippen molar-refractivity contribution in [2.45, 2.75) is 31.8 Å². The smallest absolute Gasteiger partial charge is 0.253 e. The van der Waals surface area contributed by atoms with Gasteiger partial charge < -0.3 is 10.2 Å². The van der Waals surface area contributed by atoms with Crippen molar-refractivity contribution in [3.63, 3.8) is 0 Å². The Morgan fingerprint density at radius 3 is 2.48 bits per heavy atom. The van der Waals surface area contributed by atoms with Crippen molar-refractivity contribution in [2.75, 3.05) is 37.7 Å². The van der Waals surface area contributed by atoms with Gasteiger partial charge in [0.25, 0.3) is 5.91 Å². The predicted octanol–water partition coefficient (Wildman–Crippen LogP) is 0.661. The Labute approximate surface area is 172 Å². The Hall–Kier alpha value is -2.37. The largest absolute Gasteiger partial charge is 0.351 e. The fraction of sp³-hybridized carbons (Fsp3) is 0.524. The molecule has 2 fully saturated rings. The lowest BCUT2D eigenvalue weighted by Crippen LogP contribution is -2.43. The Kier molecular flexibility index (Phi) is 6.93. The quantitative estimate of drug-likeness (QED) is 0.659. The van der Waals surface area contributed by atoms with Crippen LogP contribution in [0.25, 0.3) is 0 Å². The minimum atomic E-state index is -3.04. The number of carbonyl (C=O) groups excluding carboxylic acids is 2. The SMILES string of the molecule is C#CCN(CC(=O)NCc1ccc(C(=O)N2CCCC2)cc1)C1CCS(=O)(=O)C1. The van der Waals surface area contributed by atoms with Gasteiger partial charge in [-0.2, -0.15) is 0 Å². The molecule has 1 aromatic rings. The molecular formula is C21H27N3O4S. The number of likely N-dealkylation sites (tertiary alicyclic amines) is 1. The highest BCUT2D eigenvalue weighted by Crippen LogP contribution is 2.17. The third-order valence-corrected chi connectivity index (χ3v) is 7.20. The molecule has 2 saturated heterocycles. The maximum absolute atomic E-state index is 12.4. The average Bonchev–Trinajstić information content (AvgIpc) is 3.35. The van der Waals surface area contributed by atoms with Gasteiger partial charge >= 0.3 is 0 Å². The van der Waals surface area contributed by atoms with E-state index in [9.17, 15) is 18.0 Å². The molecule has 1 aromatic carbocycles. The number of nitrogens with one attached hydrogen (secondary N) is 1. The lowest BCUT2D eigenvalue weighted by atomic mass is 10.1. The maximum Gasteiger partial charge on any atom is 0.253 e. The lowest BCUT2D eigenvalue weighted by Gasteiger charge is -2.25. The molecule has 3 rings (SSSR count). The van der Waals surface area contributed by atoms with Gasteiger partial charge in [0, 0.05) is 31.2 Å². The van der Waals surface area contributed by atoms with Crippen molar-refractivity contribution < 1.29 is 18.0 Å². The van der Waals surface area contributed by atoms with E-state index in [1.54, 1.807) is 17.0 Å². The number of carbonyl (C=O) groups is 2. The third kappa shape index (κ3) is 5.81. The van der Waals surface area contributed by atoms with E-state index in [4.69, 9.17) is 6.42 Å². The van der Waals surface area contributed by atoms with E-state index in [1.165, 1.54) is 0 Å². The van der Waals surface area contributed by atoms with Gasteiger partial charge in [0.1, 0.15) is 0 Å². The van der Waals surface area contributed by atoms with Crippen molar-refractivity contribution >= 4 is 21.7 Å². The molecule has 0 bridgehead atoms. The fourth-order valence-electron chi connectivity index (χ4n) is 3.80. The predicted molar refractivity (Wildman–Crippen MR) is 111 cm³/mol. The molecule has 0 saturated carbocycles. The maximum atomic E-state index is 12.4. The number of nitrogens with zero attached hydrogens (tertiary/aromatic N) is 2. The van der Waals surface area contributed by atoms with Crippen LogP contribution in [-0.2, 0) is 21.2 Å². The van der Waals surface area contributed by atoms with E-state index in [2.05, 4.69) is 11.2 Å². The van der Waals surface area contributed by atoms with Gasteiger partial charge in [0.2, 0.25) is 5.91 Å². The number of rotatable bonds is 7. The minimum Gasteiger partial charge on any atom is -0.351 e. The van der Waals surface area contributed by atoms with Crippen LogP contribution in [-0.4, -0.2) is 73.8 Å². The van der Waals surface area contributed by atoms with Gasteiger partial charge in [0.15, 0.2) is 9.84 Å². The minimum absolute atomic E-state index is 0.0501. The second-order valence-corrected chi connectivity index (χ2v) is 9.87. The van der Waals surface area contributed by atoms with Crippen molar-refractivity contribution in [1.82, 2.24) is 15.1 Å². The zero-order chi connectivity index (χ0) is 20.9. The van der Waals surface area contributed by atoms with Crippen molar-refractivity contribution in [3.8, 4) is 12.3 Å². The molecule has 0 radical (unpaired) electrons. The molecule has 0 spiro atoms. The van der Waals surface area contributed by atoms with Crippen LogP contribution in [0.1, 0.15) is 35.2 Å². The first-order valence-corrected chi connectivity index (χ1v) is 11.7. The first-order chi connectivity index (χ1) is 13.9. The van der Waals surface area contributed by atoms with Crippen LogP contribution in [0, 0.1) is 12.3 Å². The molecule has 0 aliphatic carbocycles. The molecule has 2 heterocycles. The topological polar surface area (TPSA) is 86.8 Å². The number of terminal acetylenes is 1. The summed E-state index contributed by atoms with van der Waals surface area (Å²) < 4.78 is 23.4. The number of sulfone groups is 1. The number of amides is 2. The molecule has 1 unspecified atom stereocenters. The van der Waals surface area contributed by atoms with Crippen LogP contribution in [0.4, 0.5) is 0 Å². The van der Waals surface area contributed by atoms with Crippen molar-refractivity contribution in [1.29, 1.82) is 0 Å². The van der Waals surface area contributed by atoms with Gasteiger partial charge in [-0.25, -0.2) is 8.42 Å². The van der Waals surface area contributed by atoms with Gasteiger partial charge in [-0.1, -0.05) is 18.1 Å². The molecular weight excluding hydrogens is 390 g/mol. The highest BCUT2D eigenvalue weighted by Gasteiger charge is 2.32. The van der Waals surface area contributed by atoms with Crippen LogP contribution < -0.4 is 5.32 Å². The molecule has 29 heavy (non-hydrogen) atoms. The Balaban J connectivity index is 1.50. The Morgan fingerprint density at radius 1 is 1.21 bits per heavy atom. The van der Waals surface area contributed by atoms with E-state index in [-0.39, 0.29) is 42.5 Å². The van der Waals surface area contributed by atoms with Crippen LogP contribution in [0.2, 0.25) is 0 Å². The van der Waals surface area contributed by atoms with E-state index in [0.29, 0.717) is 18.5 Å². The van der Waals surface area contributed by atoms with Crippen molar-refractivity contribution in [3.05, 3.63) is 35.4 Å². The molecule has 2 amide bonds. The summed E-state index contributed by atoms with van der Waals surface area (Å²) in [6, 6.07) is 7.04. The van der Waals surface area contributed by atoms with Crippen LogP contribution in [0.5, 0.6) is 0 Å². The number of hydrogen-bond donors (Lipinski definition) is 1. The van der Waals surface area contributed by atoms with Gasteiger partial charge in [-0.15, -0.1) is 6.42 Å². The lowest BCUT2D eigenvalue weighted by molar-refractivity contribution is -0.122. The van der Waals surface area contributed by atoms with E-state index in [0.717, 1.165) is 31.5 Å². The zero-order valence-corrected chi connectivity index (χ0v) is 17.3. The summed E-state index contributed by atoms with van der Waals surface area (Å²) in [6.45, 7) is 2.26. The van der Waals surface area contributed by atoms with E-state index >= 15 is 0 Å². The highest BCUT2D eigenvalue weighted by atomic mass is 32.2. The summed E-state index contributed by atoms with van der Waals surface area (Å²) in [7, 11) is -3.04. The molecule has 1 N–H and O–H groups in total. The third-order valence-electron chi connectivity index (χ3n) is 5.45. The fourth-order valence-corrected chi connectivity index (χ4v) is 5.57. The second kappa shape index (κ2) is 9.42. The van der Waals surface area contributed by atoms with Crippen LogP contribution in [0.15, 0.2) is 24.3 Å². The standard InChI is InChI=1S/C21H27N3O4S/c1-2-10-24(19-9-13-29(27,28)16-19)15-20(25)22-14-17-5-7-18(8-6-17)21(26)23-11-3-4-12-23/h1,5-8,19H,3-4,9-16H2,(H,22,25). The summed E-state index contributed by atoms with van der Waals surface area (Å²) >= 11 is 0.